The molecule has 1 aliphatic carbocycles. The van der Waals surface area contributed by atoms with Crippen LogP contribution in [0.2, 0.25) is 0 Å². The second-order valence-corrected chi connectivity index (χ2v) is 10.4. The maximum atomic E-state index is 13.3. The number of carbonyl (C=O) groups is 2. The lowest BCUT2D eigenvalue weighted by Crippen LogP contribution is -2.60. The molecule has 3 heterocycles. The molecule has 4 aliphatic rings. The van der Waals surface area contributed by atoms with Gasteiger partial charge in [0.25, 0.3) is 0 Å². The van der Waals surface area contributed by atoms with Crippen molar-refractivity contribution in [1.29, 1.82) is 0 Å². The molecule has 13 nitrogen and oxygen atoms in total. The number of ether oxygens (including phenoxy) is 5. The first-order valence-corrected chi connectivity index (χ1v) is 12.7. The van der Waals surface area contributed by atoms with Crippen molar-refractivity contribution in [3.8, 4) is 0 Å². The minimum atomic E-state index is -1.80. The lowest BCUT2D eigenvalue weighted by molar-refractivity contribution is -0.339. The highest BCUT2D eigenvalue weighted by atomic mass is 16.8. The van der Waals surface area contributed by atoms with Crippen molar-refractivity contribution in [2.24, 2.45) is 29.6 Å². The van der Waals surface area contributed by atoms with Gasteiger partial charge in [-0.1, -0.05) is 13.0 Å². The Bertz CT molecular complexity index is 904. The van der Waals surface area contributed by atoms with E-state index in [2.05, 4.69) is 6.58 Å². The van der Waals surface area contributed by atoms with Gasteiger partial charge in [-0.2, -0.15) is 0 Å². The first-order valence-electron chi connectivity index (χ1n) is 12.7. The number of aliphatic hydroxyl groups excluding tert-OH is 5. The first kappa shape index (κ1) is 28.9. The molecule has 0 aromatic rings. The molecular formula is C25H36O13. The second kappa shape index (κ2) is 12.0. The van der Waals surface area contributed by atoms with Crippen LogP contribution in [0.4, 0.5) is 0 Å². The van der Waals surface area contributed by atoms with Crippen molar-refractivity contribution in [1.82, 2.24) is 0 Å². The molecule has 0 spiro atoms. The van der Waals surface area contributed by atoms with E-state index in [4.69, 9.17) is 23.7 Å². The van der Waals surface area contributed by atoms with E-state index in [-0.39, 0.29) is 48.7 Å². The molecule has 0 bridgehead atoms. The molecular weight excluding hydrogens is 508 g/mol. The summed E-state index contributed by atoms with van der Waals surface area (Å²) in [6.07, 6.45) is -8.26. The number of esters is 2. The summed E-state index contributed by atoms with van der Waals surface area (Å²) in [7, 11) is 0. The molecule has 38 heavy (non-hydrogen) atoms. The first-order chi connectivity index (χ1) is 18.0. The lowest BCUT2D eigenvalue weighted by atomic mass is 9.81. The summed E-state index contributed by atoms with van der Waals surface area (Å²) in [4.78, 5) is 25.0. The number of carbonyl (C=O) groups excluding carboxylic acids is 2. The van der Waals surface area contributed by atoms with Crippen LogP contribution in [-0.2, 0) is 33.3 Å². The molecule has 0 radical (unpaired) electrons. The average Bonchev–Trinajstić information content (AvgIpc) is 3.17. The molecule has 2 saturated heterocycles. The van der Waals surface area contributed by atoms with E-state index in [1.807, 2.05) is 6.92 Å². The second-order valence-electron chi connectivity index (χ2n) is 10.4. The van der Waals surface area contributed by atoms with Gasteiger partial charge in [-0.05, 0) is 18.3 Å². The van der Waals surface area contributed by atoms with Crippen LogP contribution in [-0.4, -0.2) is 105 Å². The van der Waals surface area contributed by atoms with Crippen LogP contribution >= 0.6 is 0 Å². The fourth-order valence-corrected chi connectivity index (χ4v) is 5.87. The molecule has 4 rings (SSSR count). The Labute approximate surface area is 219 Å². The van der Waals surface area contributed by atoms with Gasteiger partial charge < -0.3 is 54.3 Å². The van der Waals surface area contributed by atoms with Crippen LogP contribution < -0.4 is 0 Å². The van der Waals surface area contributed by atoms with Crippen LogP contribution in [0.25, 0.3) is 0 Å². The summed E-state index contributed by atoms with van der Waals surface area (Å²) in [5.41, 5.74) is 0.0195. The lowest BCUT2D eigenvalue weighted by Gasteiger charge is -2.43. The van der Waals surface area contributed by atoms with Crippen molar-refractivity contribution in [2.45, 2.75) is 75.6 Å². The van der Waals surface area contributed by atoms with Gasteiger partial charge in [-0.3, -0.25) is 4.79 Å². The van der Waals surface area contributed by atoms with Crippen molar-refractivity contribution in [3.05, 3.63) is 24.5 Å². The maximum absolute atomic E-state index is 13.3. The van der Waals surface area contributed by atoms with Crippen molar-refractivity contribution < 1.29 is 63.9 Å². The van der Waals surface area contributed by atoms with Crippen LogP contribution in [0, 0.1) is 29.6 Å². The summed E-state index contributed by atoms with van der Waals surface area (Å²) in [6, 6.07) is 0. The van der Waals surface area contributed by atoms with E-state index in [1.165, 1.54) is 6.08 Å². The Hall–Kier alpha value is -2.10. The zero-order valence-electron chi connectivity index (χ0n) is 20.9. The fraction of sp³-hybridized carbons (Fsp3) is 0.760. The largest absolute Gasteiger partial charge is 0.471 e. The highest BCUT2D eigenvalue weighted by Crippen LogP contribution is 2.44. The predicted molar refractivity (Wildman–Crippen MR) is 124 cm³/mol. The van der Waals surface area contributed by atoms with Gasteiger partial charge in [-0.15, -0.1) is 6.58 Å². The number of cyclic esters (lactones) is 1. The van der Waals surface area contributed by atoms with Crippen molar-refractivity contribution >= 4 is 11.9 Å². The molecule has 12 atom stereocenters. The SMILES string of the molecule is C=C[C@H]1[C@H](O[C@@H]2O[C@H](CO)[C@@H](O)[C@H](O)[C@H]2O)OC=C(C(=O)O[C@H]2C[C@@H]3CC(=O)OC[C@@H]3[C@H]2C)[C@H]1CC(O)O. The molecule has 6 N–H and O–H groups in total. The normalized spacial score (nSPS) is 43.1. The van der Waals surface area contributed by atoms with Gasteiger partial charge in [-0.25, -0.2) is 4.79 Å². The Morgan fingerprint density at radius 2 is 1.95 bits per heavy atom. The van der Waals surface area contributed by atoms with Crippen LogP contribution in [0.1, 0.15) is 26.2 Å². The van der Waals surface area contributed by atoms with Gasteiger partial charge in [0.1, 0.15) is 30.5 Å². The van der Waals surface area contributed by atoms with Crippen molar-refractivity contribution in [2.75, 3.05) is 13.2 Å². The monoisotopic (exact) mass is 544 g/mol. The molecule has 1 saturated carbocycles. The number of fused-ring (bicyclic) bond motifs is 1. The quantitative estimate of drug-likeness (QED) is 0.115. The minimum Gasteiger partial charge on any atom is -0.471 e. The molecule has 3 fully saturated rings. The number of hydrogen-bond donors (Lipinski definition) is 6. The molecule has 0 aromatic heterocycles. The van der Waals surface area contributed by atoms with Gasteiger partial charge >= 0.3 is 11.9 Å². The topological polar surface area (TPSA) is 202 Å². The number of hydrogen-bond acceptors (Lipinski definition) is 13. The Morgan fingerprint density at radius 1 is 1.21 bits per heavy atom. The summed E-state index contributed by atoms with van der Waals surface area (Å²) in [6.45, 7) is 5.30. The molecule has 0 aromatic carbocycles. The Balaban J connectivity index is 1.49. The third kappa shape index (κ3) is 5.75. The third-order valence-electron chi connectivity index (χ3n) is 8.12. The highest BCUT2D eigenvalue weighted by molar-refractivity contribution is 5.89. The van der Waals surface area contributed by atoms with E-state index >= 15 is 0 Å². The molecule has 0 unspecified atom stereocenters. The van der Waals surface area contributed by atoms with Crippen LogP contribution in [0.3, 0.4) is 0 Å². The van der Waals surface area contributed by atoms with Gasteiger partial charge in [0.2, 0.25) is 6.29 Å². The summed E-state index contributed by atoms with van der Waals surface area (Å²) in [5.74, 6) is -2.66. The minimum absolute atomic E-state index is 0.0195. The number of aliphatic hydroxyl groups is 6. The van der Waals surface area contributed by atoms with Gasteiger partial charge in [0, 0.05) is 30.6 Å². The van der Waals surface area contributed by atoms with Gasteiger partial charge in [0.05, 0.1) is 25.0 Å². The average molecular weight is 545 g/mol. The molecule has 0 amide bonds. The van der Waals surface area contributed by atoms with Crippen LogP contribution in [0.5, 0.6) is 0 Å². The Morgan fingerprint density at radius 3 is 2.61 bits per heavy atom. The van der Waals surface area contributed by atoms with E-state index in [0.29, 0.717) is 6.42 Å². The fourth-order valence-electron chi connectivity index (χ4n) is 5.87. The highest BCUT2D eigenvalue weighted by Gasteiger charge is 2.49. The third-order valence-corrected chi connectivity index (χ3v) is 8.12. The molecule has 3 aliphatic heterocycles. The van der Waals surface area contributed by atoms with E-state index in [0.717, 1.165) is 6.26 Å². The zero-order valence-corrected chi connectivity index (χ0v) is 20.9. The van der Waals surface area contributed by atoms with Crippen LogP contribution in [0.15, 0.2) is 24.5 Å². The van der Waals surface area contributed by atoms with E-state index in [1.54, 1.807) is 0 Å². The molecule has 214 valence electrons. The van der Waals surface area contributed by atoms with Gasteiger partial charge in [0.15, 0.2) is 12.6 Å². The smallest absolute Gasteiger partial charge is 0.337 e. The van der Waals surface area contributed by atoms with E-state index < -0.39 is 73.8 Å². The summed E-state index contributed by atoms with van der Waals surface area (Å²) < 4.78 is 27.7. The number of rotatable bonds is 8. The summed E-state index contributed by atoms with van der Waals surface area (Å²) >= 11 is 0. The summed E-state index contributed by atoms with van der Waals surface area (Å²) in [5, 5.41) is 59.3. The van der Waals surface area contributed by atoms with Crippen molar-refractivity contribution in [3.63, 3.8) is 0 Å². The zero-order chi connectivity index (χ0) is 27.7. The van der Waals surface area contributed by atoms with E-state index in [9.17, 15) is 40.2 Å². The predicted octanol–water partition coefficient (Wildman–Crippen LogP) is -1.71. The maximum Gasteiger partial charge on any atom is 0.337 e. The Kier molecular flexibility index (Phi) is 9.10. The molecule has 13 heteroatoms. The standard InChI is InChI=1S/C25H36O13/c1-3-12-13(6-18(27)28)15(23(33)36-16-4-11-5-19(29)34-8-14(11)10(16)2)9-35-24(12)38-25-22(32)21(31)20(30)17(7-26)37-25/h3,9-14,16-18,20-22,24-28,30-32H,1,4-8H2,2H3/t10-,11-,12-,13+,14-,16+,17-,20-,21+,22-,24+,25+/m1/s1.